The molecule has 0 amide bonds. The summed E-state index contributed by atoms with van der Waals surface area (Å²) in [5.41, 5.74) is 1.42. The molecule has 0 saturated carbocycles. The molecule has 1 N–H and O–H groups in total. The number of methoxy groups -OCH3 is 1. The Kier molecular flexibility index (Phi) is 10.5. The van der Waals surface area contributed by atoms with Crippen LogP contribution in [0.25, 0.3) is 0 Å². The van der Waals surface area contributed by atoms with Crippen molar-refractivity contribution in [3.05, 3.63) is 34.3 Å². The Hall–Kier alpha value is -0.0300. The molecule has 0 spiro atoms. The first kappa shape index (κ1) is 18.0. The quantitative estimate of drug-likeness (QED) is 0.603. The predicted octanol–water partition coefficient (Wildman–Crippen LogP) is 3.99. The van der Waals surface area contributed by atoms with Gasteiger partial charge < -0.3 is 10.1 Å². The van der Waals surface area contributed by atoms with Gasteiger partial charge in [0.2, 0.25) is 0 Å². The van der Waals surface area contributed by atoms with Gasteiger partial charge in [0.15, 0.2) is 0 Å². The molecule has 0 heterocycles. The van der Waals surface area contributed by atoms with Gasteiger partial charge in [-0.3, -0.25) is 0 Å². The number of halogens is 1. The highest BCUT2D eigenvalue weighted by Gasteiger charge is 2.10. The smallest absolute Gasteiger partial charge is 0.0587 e. The summed E-state index contributed by atoms with van der Waals surface area (Å²) in [6.07, 6.45) is 2.41. The van der Waals surface area contributed by atoms with Crippen LogP contribution in [-0.4, -0.2) is 38.3 Å². The molecule has 1 rings (SSSR count). The summed E-state index contributed by atoms with van der Waals surface area (Å²) in [6, 6.07) is 8.66. The van der Waals surface area contributed by atoms with Crippen LogP contribution >= 0.6 is 27.7 Å². The number of rotatable bonds is 11. The van der Waals surface area contributed by atoms with Crippen LogP contribution < -0.4 is 5.32 Å². The molecule has 1 atom stereocenters. The van der Waals surface area contributed by atoms with Gasteiger partial charge >= 0.3 is 0 Å². The molecule has 20 heavy (non-hydrogen) atoms. The number of benzene rings is 1. The molecule has 0 aromatic heterocycles. The first-order chi connectivity index (χ1) is 9.76. The molecular formula is C16H26BrNOS. The van der Waals surface area contributed by atoms with Crippen LogP contribution in [0.1, 0.15) is 18.9 Å². The Labute approximate surface area is 136 Å². The summed E-state index contributed by atoms with van der Waals surface area (Å²) in [6.45, 7) is 5.02. The lowest BCUT2D eigenvalue weighted by atomic mass is 9.97. The molecule has 0 radical (unpaired) electrons. The van der Waals surface area contributed by atoms with Gasteiger partial charge in [-0.05, 0) is 54.5 Å². The normalized spacial score (nSPS) is 12.6. The van der Waals surface area contributed by atoms with Gasteiger partial charge in [0.25, 0.3) is 0 Å². The van der Waals surface area contributed by atoms with Crippen molar-refractivity contribution in [3.8, 4) is 0 Å². The summed E-state index contributed by atoms with van der Waals surface area (Å²) < 4.78 is 6.25. The summed E-state index contributed by atoms with van der Waals surface area (Å²) in [4.78, 5) is 0. The van der Waals surface area contributed by atoms with Gasteiger partial charge in [-0.25, -0.2) is 0 Å². The zero-order chi connectivity index (χ0) is 14.6. The van der Waals surface area contributed by atoms with Crippen LogP contribution in [0.4, 0.5) is 0 Å². The Morgan fingerprint density at radius 2 is 2.25 bits per heavy atom. The fourth-order valence-electron chi connectivity index (χ4n) is 2.15. The van der Waals surface area contributed by atoms with Gasteiger partial charge in [0.1, 0.15) is 0 Å². The molecule has 0 aliphatic heterocycles. The minimum absolute atomic E-state index is 0.695. The van der Waals surface area contributed by atoms with Crippen LogP contribution in [0.15, 0.2) is 28.7 Å². The van der Waals surface area contributed by atoms with Crippen LogP contribution in [0.5, 0.6) is 0 Å². The summed E-state index contributed by atoms with van der Waals surface area (Å²) in [7, 11) is 1.75. The van der Waals surface area contributed by atoms with E-state index < -0.39 is 0 Å². The van der Waals surface area contributed by atoms with Crippen LogP contribution in [0.2, 0.25) is 0 Å². The van der Waals surface area contributed by atoms with E-state index in [-0.39, 0.29) is 0 Å². The number of hydrogen-bond acceptors (Lipinski definition) is 3. The minimum atomic E-state index is 0.695. The second-order valence-electron chi connectivity index (χ2n) is 4.88. The number of hydrogen-bond donors (Lipinski definition) is 1. The van der Waals surface area contributed by atoms with E-state index in [0.717, 1.165) is 26.1 Å². The van der Waals surface area contributed by atoms with Crippen molar-refractivity contribution in [2.24, 2.45) is 5.92 Å². The Balaban J connectivity index is 2.43. The molecule has 0 saturated heterocycles. The molecule has 0 fully saturated rings. The Morgan fingerprint density at radius 3 is 2.95 bits per heavy atom. The van der Waals surface area contributed by atoms with Crippen LogP contribution in [0, 0.1) is 5.92 Å². The summed E-state index contributed by atoms with van der Waals surface area (Å²) >= 11 is 5.58. The second-order valence-corrected chi connectivity index (χ2v) is 7.19. The molecule has 4 heteroatoms. The number of ether oxygens (including phenoxy) is 1. The highest BCUT2D eigenvalue weighted by atomic mass is 79.9. The lowest BCUT2D eigenvalue weighted by molar-refractivity contribution is 0.197. The van der Waals surface area contributed by atoms with E-state index in [1.54, 1.807) is 7.11 Å². The highest BCUT2D eigenvalue weighted by Crippen LogP contribution is 2.18. The molecule has 1 unspecified atom stereocenters. The topological polar surface area (TPSA) is 21.3 Å². The van der Waals surface area contributed by atoms with Crippen molar-refractivity contribution in [1.82, 2.24) is 5.32 Å². The standard InChI is InChI=1S/C16H26BrNOS/c1-3-20-10-7-15(13-18-8-9-19-2)11-14-5-4-6-16(17)12-14/h4-6,12,15,18H,3,7-11,13H2,1-2H3. The van der Waals surface area contributed by atoms with Gasteiger partial charge in [-0.1, -0.05) is 35.0 Å². The number of nitrogens with one attached hydrogen (secondary N) is 1. The van der Waals surface area contributed by atoms with Crippen LogP contribution in [-0.2, 0) is 11.2 Å². The first-order valence-corrected chi connectivity index (χ1v) is 9.22. The lowest BCUT2D eigenvalue weighted by Crippen LogP contribution is -2.27. The van der Waals surface area contributed by atoms with Crippen molar-refractivity contribution in [3.63, 3.8) is 0 Å². The predicted molar refractivity (Wildman–Crippen MR) is 93.7 cm³/mol. The molecule has 2 nitrogen and oxygen atoms in total. The van der Waals surface area contributed by atoms with Crippen molar-refractivity contribution in [2.75, 3.05) is 38.3 Å². The molecule has 0 aliphatic rings. The van der Waals surface area contributed by atoms with E-state index in [9.17, 15) is 0 Å². The fourth-order valence-corrected chi connectivity index (χ4v) is 3.38. The van der Waals surface area contributed by atoms with E-state index in [1.165, 1.54) is 28.0 Å². The maximum Gasteiger partial charge on any atom is 0.0587 e. The van der Waals surface area contributed by atoms with Crippen molar-refractivity contribution >= 4 is 27.7 Å². The maximum atomic E-state index is 5.08. The van der Waals surface area contributed by atoms with Crippen molar-refractivity contribution in [1.29, 1.82) is 0 Å². The molecular weight excluding hydrogens is 334 g/mol. The largest absolute Gasteiger partial charge is 0.383 e. The maximum absolute atomic E-state index is 5.08. The second kappa shape index (κ2) is 11.6. The third kappa shape index (κ3) is 8.30. The van der Waals surface area contributed by atoms with Gasteiger partial charge in [-0.15, -0.1) is 0 Å². The van der Waals surface area contributed by atoms with Gasteiger partial charge in [0.05, 0.1) is 6.61 Å². The van der Waals surface area contributed by atoms with E-state index >= 15 is 0 Å². The lowest BCUT2D eigenvalue weighted by Gasteiger charge is -2.18. The fraction of sp³-hybridized carbons (Fsp3) is 0.625. The van der Waals surface area contributed by atoms with E-state index in [1.807, 2.05) is 11.8 Å². The van der Waals surface area contributed by atoms with Crippen molar-refractivity contribution < 1.29 is 4.74 Å². The van der Waals surface area contributed by atoms with Gasteiger partial charge in [-0.2, -0.15) is 11.8 Å². The summed E-state index contributed by atoms with van der Waals surface area (Å²) in [5, 5.41) is 3.50. The van der Waals surface area contributed by atoms with Crippen LogP contribution in [0.3, 0.4) is 0 Å². The Morgan fingerprint density at radius 1 is 1.40 bits per heavy atom. The number of thioether (sulfide) groups is 1. The molecule has 114 valence electrons. The van der Waals surface area contributed by atoms with E-state index in [4.69, 9.17) is 4.74 Å². The SMILES string of the molecule is CCSCCC(CNCCOC)Cc1cccc(Br)c1. The van der Waals surface area contributed by atoms with Gasteiger partial charge in [0, 0.05) is 18.1 Å². The third-order valence-electron chi connectivity index (χ3n) is 3.20. The summed E-state index contributed by atoms with van der Waals surface area (Å²) in [5.74, 6) is 3.15. The van der Waals surface area contributed by atoms with E-state index in [2.05, 4.69) is 52.4 Å². The molecule has 0 aliphatic carbocycles. The molecule has 1 aromatic carbocycles. The van der Waals surface area contributed by atoms with Crippen molar-refractivity contribution in [2.45, 2.75) is 19.8 Å². The Bertz CT molecular complexity index is 362. The molecule has 0 bridgehead atoms. The first-order valence-electron chi connectivity index (χ1n) is 7.28. The minimum Gasteiger partial charge on any atom is -0.383 e. The van der Waals surface area contributed by atoms with E-state index in [0.29, 0.717) is 5.92 Å². The zero-order valence-corrected chi connectivity index (χ0v) is 14.9. The zero-order valence-electron chi connectivity index (χ0n) is 12.5. The third-order valence-corrected chi connectivity index (χ3v) is 4.63. The average Bonchev–Trinajstić information content (AvgIpc) is 2.43. The average molecular weight is 360 g/mol. The monoisotopic (exact) mass is 359 g/mol. The molecule has 1 aromatic rings. The highest BCUT2D eigenvalue weighted by molar-refractivity contribution is 9.10.